The second-order valence-corrected chi connectivity index (χ2v) is 11.6. The van der Waals surface area contributed by atoms with Crippen molar-refractivity contribution < 1.29 is 28.3 Å². The van der Waals surface area contributed by atoms with Crippen LogP contribution >= 0.6 is 0 Å². The first-order valence-corrected chi connectivity index (χ1v) is 15.6. The number of pyridine rings is 1. The second-order valence-electron chi connectivity index (χ2n) is 11.6. The first-order valence-electron chi connectivity index (χ1n) is 15.6. The largest absolute Gasteiger partial charge is 0.464 e. The van der Waals surface area contributed by atoms with Crippen LogP contribution in [-0.2, 0) is 34.3 Å². The van der Waals surface area contributed by atoms with Gasteiger partial charge in [0.1, 0.15) is 18.7 Å². The number of fused-ring (bicyclic) bond motifs is 1. The zero-order valence-electron chi connectivity index (χ0n) is 26.9. The molecule has 3 heterocycles. The summed E-state index contributed by atoms with van der Waals surface area (Å²) in [5, 5.41) is 6.53. The highest BCUT2D eigenvalue weighted by molar-refractivity contribution is 6.04. The topological polar surface area (TPSA) is 138 Å². The molecule has 0 bridgehead atoms. The number of nitrogens with zero attached hydrogens (tertiary/aromatic N) is 3. The van der Waals surface area contributed by atoms with E-state index in [9.17, 15) is 14.4 Å². The van der Waals surface area contributed by atoms with E-state index in [1.54, 1.807) is 25.3 Å². The first kappa shape index (κ1) is 32.9. The molecule has 5 aromatic rings. The van der Waals surface area contributed by atoms with Gasteiger partial charge in [-0.1, -0.05) is 68.4 Å². The molecule has 2 amide bonds. The van der Waals surface area contributed by atoms with Crippen molar-refractivity contribution in [3.05, 3.63) is 108 Å². The summed E-state index contributed by atoms with van der Waals surface area (Å²) < 4.78 is 19.1. The number of benzene rings is 2. The van der Waals surface area contributed by atoms with Crippen molar-refractivity contribution in [1.82, 2.24) is 25.2 Å². The molecule has 0 aliphatic heterocycles. The number of carbonyl (C=O) groups is 3. The molecule has 47 heavy (non-hydrogen) atoms. The Hall–Kier alpha value is -5.45. The van der Waals surface area contributed by atoms with Crippen LogP contribution in [-0.4, -0.2) is 45.2 Å². The number of hydrogen-bond donors (Lipinski definition) is 2. The van der Waals surface area contributed by atoms with Gasteiger partial charge in [-0.25, -0.2) is 14.6 Å². The maximum absolute atomic E-state index is 14.1. The highest BCUT2D eigenvalue weighted by Crippen LogP contribution is 2.35. The molecular formula is C36H39N5O6. The van der Waals surface area contributed by atoms with E-state index in [0.717, 1.165) is 16.5 Å². The molecule has 2 aromatic carbocycles. The van der Waals surface area contributed by atoms with Gasteiger partial charge in [-0.15, -0.1) is 0 Å². The third-order valence-corrected chi connectivity index (χ3v) is 7.53. The van der Waals surface area contributed by atoms with E-state index in [1.165, 1.54) is 0 Å². The molecule has 0 fully saturated rings. The van der Waals surface area contributed by atoms with Gasteiger partial charge in [0.05, 0.1) is 6.61 Å². The second kappa shape index (κ2) is 15.2. The van der Waals surface area contributed by atoms with Crippen LogP contribution in [0.2, 0.25) is 0 Å². The van der Waals surface area contributed by atoms with Gasteiger partial charge in [-0.05, 0) is 43.0 Å². The molecule has 11 nitrogen and oxygen atoms in total. The number of alkyl carbamates (subject to hydrolysis) is 1. The predicted molar refractivity (Wildman–Crippen MR) is 176 cm³/mol. The Bertz CT molecular complexity index is 1820. The minimum Gasteiger partial charge on any atom is -0.464 e. The third-order valence-electron chi connectivity index (χ3n) is 7.53. The molecule has 11 heteroatoms. The van der Waals surface area contributed by atoms with E-state index in [0.29, 0.717) is 17.7 Å². The maximum Gasteiger partial charge on any atom is 0.408 e. The van der Waals surface area contributed by atoms with Crippen LogP contribution in [0.1, 0.15) is 60.9 Å². The summed E-state index contributed by atoms with van der Waals surface area (Å²) in [5.74, 6) is -0.746. The van der Waals surface area contributed by atoms with Gasteiger partial charge >= 0.3 is 12.1 Å². The number of para-hydroxylation sites is 1. The number of ether oxygens (including phenoxy) is 2. The molecule has 5 rings (SSSR count). The average Bonchev–Trinajstić information content (AvgIpc) is 3.66. The van der Waals surface area contributed by atoms with Crippen molar-refractivity contribution in [2.45, 2.75) is 52.3 Å². The van der Waals surface area contributed by atoms with Crippen molar-refractivity contribution in [3.8, 4) is 11.3 Å². The molecule has 2 atom stereocenters. The van der Waals surface area contributed by atoms with Gasteiger partial charge in [0.15, 0.2) is 11.5 Å². The lowest BCUT2D eigenvalue weighted by molar-refractivity contribution is -0.145. The zero-order chi connectivity index (χ0) is 33.3. The zero-order valence-corrected chi connectivity index (χ0v) is 26.9. The van der Waals surface area contributed by atoms with Gasteiger partial charge in [-0.3, -0.25) is 9.78 Å². The molecule has 244 valence electrons. The van der Waals surface area contributed by atoms with Crippen LogP contribution in [0.25, 0.3) is 22.2 Å². The standard InChI is InChI=1S/C36H39N5O6/c1-5-45-35(43)29(20-25-15-11-12-18-37-25)38-33(42)31-32(27-21-41(4)30-17-10-9-16-26(27)30)47-34(40-31)28(19-23(2)3)39-36(44)46-22-24-13-7-6-8-14-24/h6-18,21,23,28-29H,5,19-20,22H2,1-4H3,(H,38,42)(H,39,44)/t28-,29+/m0/s1. The number of oxazole rings is 1. The molecule has 0 unspecified atom stereocenters. The van der Waals surface area contributed by atoms with E-state index in [4.69, 9.17) is 13.9 Å². The molecule has 3 aromatic heterocycles. The van der Waals surface area contributed by atoms with Crippen LogP contribution in [0.5, 0.6) is 0 Å². The van der Waals surface area contributed by atoms with Crippen molar-refractivity contribution in [1.29, 1.82) is 0 Å². The van der Waals surface area contributed by atoms with E-state index in [2.05, 4.69) is 20.6 Å². The summed E-state index contributed by atoms with van der Waals surface area (Å²) in [6.45, 7) is 5.95. The first-order chi connectivity index (χ1) is 22.7. The number of carbonyl (C=O) groups excluding carboxylic acids is 3. The smallest absolute Gasteiger partial charge is 0.408 e. The Morgan fingerprint density at radius 3 is 2.40 bits per heavy atom. The fourth-order valence-corrected chi connectivity index (χ4v) is 5.34. The summed E-state index contributed by atoms with van der Waals surface area (Å²) in [6, 6.07) is 20.7. The monoisotopic (exact) mass is 637 g/mol. The molecule has 0 saturated heterocycles. The van der Waals surface area contributed by atoms with Crippen molar-refractivity contribution in [2.75, 3.05) is 6.61 Å². The maximum atomic E-state index is 14.1. The van der Waals surface area contributed by atoms with Gasteiger partial charge in [0, 0.05) is 48.0 Å². The van der Waals surface area contributed by atoms with Gasteiger partial charge < -0.3 is 29.1 Å². The number of nitrogens with one attached hydrogen (secondary N) is 2. The number of hydrogen-bond acceptors (Lipinski definition) is 8. The quantitative estimate of drug-likeness (QED) is 0.147. The molecule has 0 aliphatic carbocycles. The van der Waals surface area contributed by atoms with Gasteiger partial charge in [-0.2, -0.15) is 0 Å². The van der Waals surface area contributed by atoms with Crippen LogP contribution < -0.4 is 10.6 Å². The van der Waals surface area contributed by atoms with E-state index in [-0.39, 0.29) is 42.9 Å². The highest BCUT2D eigenvalue weighted by Gasteiger charge is 2.32. The Morgan fingerprint density at radius 1 is 0.936 bits per heavy atom. The molecule has 0 spiro atoms. The summed E-state index contributed by atoms with van der Waals surface area (Å²) in [6.07, 6.45) is 3.41. The van der Waals surface area contributed by atoms with Gasteiger partial charge in [0.25, 0.3) is 5.91 Å². The van der Waals surface area contributed by atoms with Gasteiger partial charge in [0.2, 0.25) is 5.89 Å². The van der Waals surface area contributed by atoms with E-state index < -0.39 is 30.1 Å². The van der Waals surface area contributed by atoms with E-state index in [1.807, 2.05) is 92.3 Å². The number of rotatable bonds is 13. The molecule has 0 saturated carbocycles. The fourth-order valence-electron chi connectivity index (χ4n) is 5.34. The highest BCUT2D eigenvalue weighted by atomic mass is 16.5. The summed E-state index contributed by atoms with van der Waals surface area (Å²) in [4.78, 5) is 49.0. The van der Waals surface area contributed by atoms with Crippen LogP contribution in [0.3, 0.4) is 0 Å². The van der Waals surface area contributed by atoms with Crippen LogP contribution in [0, 0.1) is 5.92 Å². The Balaban J connectivity index is 1.50. The lowest BCUT2D eigenvalue weighted by atomic mass is 10.0. The Labute approximate surface area is 273 Å². The average molecular weight is 638 g/mol. The summed E-state index contributed by atoms with van der Waals surface area (Å²) in [5.41, 5.74) is 2.99. The Morgan fingerprint density at radius 2 is 1.68 bits per heavy atom. The normalized spacial score (nSPS) is 12.4. The SMILES string of the molecule is CCOC(=O)[C@@H](Cc1ccccn1)NC(=O)c1nc([C@H](CC(C)C)NC(=O)OCc2ccccc2)oc1-c1cn(C)c2ccccc12. The van der Waals surface area contributed by atoms with Crippen molar-refractivity contribution in [2.24, 2.45) is 13.0 Å². The lowest BCUT2D eigenvalue weighted by Crippen LogP contribution is -2.43. The minimum atomic E-state index is -1.03. The number of amides is 2. The lowest BCUT2D eigenvalue weighted by Gasteiger charge is -2.17. The predicted octanol–water partition coefficient (Wildman–Crippen LogP) is 6.15. The summed E-state index contributed by atoms with van der Waals surface area (Å²) in [7, 11) is 1.90. The molecule has 0 radical (unpaired) electrons. The number of aryl methyl sites for hydroxylation is 1. The number of esters is 1. The summed E-state index contributed by atoms with van der Waals surface area (Å²) >= 11 is 0. The van der Waals surface area contributed by atoms with Crippen LogP contribution in [0.4, 0.5) is 4.79 Å². The molecular weight excluding hydrogens is 598 g/mol. The van der Waals surface area contributed by atoms with Crippen molar-refractivity contribution >= 4 is 28.9 Å². The minimum absolute atomic E-state index is 0.0279. The van der Waals surface area contributed by atoms with Crippen molar-refractivity contribution in [3.63, 3.8) is 0 Å². The van der Waals surface area contributed by atoms with Crippen LogP contribution in [0.15, 0.2) is 89.6 Å². The Kier molecular flexibility index (Phi) is 10.7. The molecule has 2 N–H and O–H groups in total. The fraction of sp³-hybridized carbons (Fsp3) is 0.306. The third kappa shape index (κ3) is 8.23. The number of aromatic nitrogens is 3. The van der Waals surface area contributed by atoms with E-state index >= 15 is 0 Å². The molecule has 0 aliphatic rings.